The van der Waals surface area contributed by atoms with Gasteiger partial charge in [-0.25, -0.2) is 0 Å². The lowest BCUT2D eigenvalue weighted by Gasteiger charge is -2.62. The number of aromatic nitrogens is 1. The maximum atomic E-state index is 13.3. The molecule has 4 fully saturated rings. The molecule has 4 aliphatic rings. The van der Waals surface area contributed by atoms with Gasteiger partial charge in [0.1, 0.15) is 0 Å². The number of rotatable bonds is 4. The third kappa shape index (κ3) is 3.04. The monoisotopic (exact) mass is 413 g/mol. The van der Waals surface area contributed by atoms with Crippen molar-refractivity contribution < 1.29 is 15.0 Å². The lowest BCUT2D eigenvalue weighted by atomic mass is 9.43. The van der Waals surface area contributed by atoms with E-state index in [2.05, 4.69) is 6.92 Å². The highest BCUT2D eigenvalue weighted by Crippen LogP contribution is 2.68. The van der Waals surface area contributed by atoms with E-state index in [9.17, 15) is 15.0 Å². The van der Waals surface area contributed by atoms with Crippen LogP contribution in [0.1, 0.15) is 71.6 Å². The molecular weight excluding hydrogens is 374 g/mol. The Morgan fingerprint density at radius 1 is 1.00 bits per heavy atom. The smallest absolute Gasteiger partial charge is 0.156 e. The number of hydrogen-bond acceptors (Lipinski definition) is 3. The van der Waals surface area contributed by atoms with Crippen molar-refractivity contribution in [1.82, 2.24) is 4.57 Å². The topological polar surface area (TPSA) is 62.5 Å². The lowest BCUT2D eigenvalue weighted by Crippen LogP contribution is -2.58. The van der Waals surface area contributed by atoms with Gasteiger partial charge in [0.2, 0.25) is 0 Å². The minimum atomic E-state index is -0.567. The van der Waals surface area contributed by atoms with Crippen LogP contribution in [0, 0.1) is 40.4 Å². The zero-order chi connectivity index (χ0) is 21.1. The fraction of sp³-hybridized carbons (Fsp3) is 0.808. The first-order valence-corrected chi connectivity index (χ1v) is 12.3. The molecule has 0 aromatic carbocycles. The highest BCUT2D eigenvalue weighted by molar-refractivity contribution is 5.82. The molecule has 0 radical (unpaired) electrons. The highest BCUT2D eigenvalue weighted by Gasteiger charge is 2.62. The van der Waals surface area contributed by atoms with E-state index in [1.54, 1.807) is 0 Å². The fourth-order valence-corrected chi connectivity index (χ4v) is 8.84. The molecule has 30 heavy (non-hydrogen) atoms. The van der Waals surface area contributed by atoms with E-state index in [0.29, 0.717) is 36.0 Å². The summed E-state index contributed by atoms with van der Waals surface area (Å²) in [4.78, 5) is 13.3. The van der Waals surface area contributed by atoms with Crippen molar-refractivity contribution in [2.75, 3.05) is 6.61 Å². The molecule has 0 spiro atoms. The Morgan fingerprint density at radius 3 is 2.50 bits per heavy atom. The molecular formula is C26H39NO3. The van der Waals surface area contributed by atoms with Gasteiger partial charge in [-0.05, 0) is 111 Å². The molecule has 0 unspecified atom stereocenters. The number of carbonyl (C=O) groups is 1. The maximum absolute atomic E-state index is 13.3. The first-order chi connectivity index (χ1) is 14.3. The Hall–Kier alpha value is -1.13. The van der Waals surface area contributed by atoms with Gasteiger partial charge in [0, 0.05) is 24.9 Å². The molecule has 1 aromatic rings. The van der Waals surface area contributed by atoms with Gasteiger partial charge in [-0.2, -0.15) is 0 Å². The van der Waals surface area contributed by atoms with E-state index in [1.807, 2.05) is 36.0 Å². The number of fused-ring (bicyclic) bond motifs is 5. The van der Waals surface area contributed by atoms with Crippen molar-refractivity contribution in [2.24, 2.45) is 40.4 Å². The van der Waals surface area contributed by atoms with Gasteiger partial charge in [0.25, 0.3) is 0 Å². The number of aliphatic hydroxyl groups excluding tert-OH is 1. The lowest BCUT2D eigenvalue weighted by molar-refractivity contribution is -0.171. The molecule has 5 rings (SSSR count). The molecule has 8 atom stereocenters. The van der Waals surface area contributed by atoms with E-state index in [1.165, 1.54) is 12.8 Å². The third-order valence-electron chi connectivity index (χ3n) is 10.3. The summed E-state index contributed by atoms with van der Waals surface area (Å²) in [5.41, 5.74) is -0.447. The number of ketones is 1. The number of aliphatic hydroxyl groups is 2. The van der Waals surface area contributed by atoms with E-state index >= 15 is 0 Å². The molecule has 0 aliphatic heterocycles. The predicted octanol–water partition coefficient (Wildman–Crippen LogP) is 4.44. The Balaban J connectivity index is 1.38. The molecule has 4 heteroatoms. The predicted molar refractivity (Wildman–Crippen MR) is 117 cm³/mol. The summed E-state index contributed by atoms with van der Waals surface area (Å²) in [6.45, 7) is 5.17. The van der Waals surface area contributed by atoms with Crippen LogP contribution >= 0.6 is 0 Å². The van der Waals surface area contributed by atoms with Crippen LogP contribution < -0.4 is 0 Å². The van der Waals surface area contributed by atoms with Crippen LogP contribution in [-0.2, 0) is 11.3 Å². The minimum Gasteiger partial charge on any atom is -0.396 e. The van der Waals surface area contributed by atoms with E-state index in [-0.39, 0.29) is 23.4 Å². The van der Waals surface area contributed by atoms with Crippen molar-refractivity contribution in [3.63, 3.8) is 0 Å². The van der Waals surface area contributed by atoms with E-state index < -0.39 is 5.60 Å². The maximum Gasteiger partial charge on any atom is 0.156 e. The molecule has 0 bridgehead atoms. The number of Topliss-reactive ketones (excluding diaryl/α,β-unsaturated/α-hetero) is 1. The molecule has 0 saturated heterocycles. The zero-order valence-corrected chi connectivity index (χ0v) is 18.7. The average molecular weight is 414 g/mol. The van der Waals surface area contributed by atoms with Crippen LogP contribution in [0.15, 0.2) is 24.5 Å². The molecule has 4 aliphatic carbocycles. The second-order valence-electron chi connectivity index (χ2n) is 11.7. The van der Waals surface area contributed by atoms with Gasteiger partial charge in [0.15, 0.2) is 5.78 Å². The van der Waals surface area contributed by atoms with Gasteiger partial charge in [-0.15, -0.1) is 0 Å². The summed E-state index contributed by atoms with van der Waals surface area (Å²) < 4.78 is 2.02. The Bertz CT molecular complexity index is 786. The van der Waals surface area contributed by atoms with Crippen molar-refractivity contribution in [1.29, 1.82) is 0 Å². The Morgan fingerprint density at radius 2 is 1.77 bits per heavy atom. The summed E-state index contributed by atoms with van der Waals surface area (Å²) in [5, 5.41) is 21.3. The van der Waals surface area contributed by atoms with Crippen LogP contribution in [-0.4, -0.2) is 32.8 Å². The number of hydrogen-bond donors (Lipinski definition) is 2. The molecule has 4 saturated carbocycles. The molecule has 2 N–H and O–H groups in total. The van der Waals surface area contributed by atoms with Crippen molar-refractivity contribution in [3.05, 3.63) is 24.5 Å². The minimum absolute atomic E-state index is 0.000275. The van der Waals surface area contributed by atoms with Gasteiger partial charge in [0.05, 0.1) is 12.1 Å². The quantitative estimate of drug-likeness (QED) is 0.767. The molecule has 1 aromatic heterocycles. The first kappa shape index (κ1) is 20.8. The first-order valence-electron chi connectivity index (χ1n) is 12.3. The summed E-state index contributed by atoms with van der Waals surface area (Å²) >= 11 is 0. The summed E-state index contributed by atoms with van der Waals surface area (Å²) in [5.74, 6) is 2.86. The largest absolute Gasteiger partial charge is 0.396 e. The van der Waals surface area contributed by atoms with Gasteiger partial charge < -0.3 is 14.8 Å². The molecule has 0 amide bonds. The average Bonchev–Trinajstić information content (AvgIpc) is 3.34. The number of nitrogens with zero attached hydrogens (tertiary/aromatic N) is 1. The van der Waals surface area contributed by atoms with Crippen molar-refractivity contribution >= 4 is 5.78 Å². The standard InChI is InChI=1S/C26H39NO3/c1-24(30)11-12-26(17-28)18(15-24)5-6-19-20-7-8-22(25(20,2)10-9-21(19)26)23(29)16-27-13-3-4-14-27/h3-4,13-14,18-22,28,30H,5-12,15-17H2,1-2H3/t18-,19-,20-,21-,22+,24+,25-,26+/m0/s1. The van der Waals surface area contributed by atoms with Crippen LogP contribution in [0.5, 0.6) is 0 Å². The van der Waals surface area contributed by atoms with Crippen molar-refractivity contribution in [3.8, 4) is 0 Å². The normalized spacial score (nSPS) is 47.9. The summed E-state index contributed by atoms with van der Waals surface area (Å²) in [7, 11) is 0. The highest BCUT2D eigenvalue weighted by atomic mass is 16.3. The van der Waals surface area contributed by atoms with Gasteiger partial charge in [-0.3, -0.25) is 4.79 Å². The van der Waals surface area contributed by atoms with E-state index in [4.69, 9.17) is 0 Å². The second kappa shape index (κ2) is 7.20. The van der Waals surface area contributed by atoms with Gasteiger partial charge in [-0.1, -0.05) is 6.92 Å². The number of carbonyl (C=O) groups excluding carboxylic acids is 1. The molecule has 1 heterocycles. The van der Waals surface area contributed by atoms with Crippen LogP contribution in [0.25, 0.3) is 0 Å². The van der Waals surface area contributed by atoms with Crippen LogP contribution in [0.4, 0.5) is 0 Å². The van der Waals surface area contributed by atoms with E-state index in [0.717, 1.165) is 44.9 Å². The Labute approximate surface area is 181 Å². The summed E-state index contributed by atoms with van der Waals surface area (Å²) in [6.07, 6.45) is 13.4. The zero-order valence-electron chi connectivity index (χ0n) is 18.7. The SMILES string of the molecule is C[C@@]1(O)CC[C@@]2(CO)[C@@H](CC[C@H]3[C@@H]4CC[C@H](C(=O)Cn5cccc5)[C@@]4(C)CC[C@@H]32)C1. The van der Waals surface area contributed by atoms with Gasteiger partial charge >= 0.3 is 0 Å². The molecule has 4 nitrogen and oxygen atoms in total. The fourth-order valence-electron chi connectivity index (χ4n) is 8.84. The van der Waals surface area contributed by atoms with Crippen molar-refractivity contribution in [2.45, 2.75) is 83.8 Å². The molecule has 166 valence electrons. The van der Waals surface area contributed by atoms with Crippen LogP contribution in [0.2, 0.25) is 0 Å². The Kier molecular flexibility index (Phi) is 4.98. The van der Waals surface area contributed by atoms with Crippen LogP contribution in [0.3, 0.4) is 0 Å². The summed E-state index contributed by atoms with van der Waals surface area (Å²) in [6, 6.07) is 3.98. The third-order valence-corrected chi connectivity index (χ3v) is 10.3. The second-order valence-corrected chi connectivity index (χ2v) is 11.7.